The topological polar surface area (TPSA) is 64.7 Å². The molecule has 0 aliphatic carbocycles. The van der Waals surface area contributed by atoms with E-state index in [4.69, 9.17) is 0 Å². The molecule has 0 spiro atoms. The smallest absolute Gasteiger partial charge is 0.251 e. The summed E-state index contributed by atoms with van der Waals surface area (Å²) in [6, 6.07) is 17.6. The van der Waals surface area contributed by atoms with Crippen LogP contribution in [0, 0.1) is 5.41 Å². The number of rotatable bonds is 7. The molecule has 1 saturated heterocycles. The van der Waals surface area contributed by atoms with Gasteiger partial charge in [0.15, 0.2) is 0 Å². The average molecular weight is 423 g/mol. The van der Waals surface area contributed by atoms with E-state index in [1.54, 1.807) is 24.3 Å². The van der Waals surface area contributed by atoms with Gasteiger partial charge in [-0.15, -0.1) is 0 Å². The van der Waals surface area contributed by atoms with Gasteiger partial charge in [0.2, 0.25) is 5.91 Å². The summed E-state index contributed by atoms with van der Waals surface area (Å²) in [5.74, 6) is -0.189. The predicted octanol–water partition coefficient (Wildman–Crippen LogP) is 3.22. The zero-order valence-corrected chi connectivity index (χ0v) is 18.9. The molecular weight excluding hydrogens is 388 g/mol. The Kier molecular flexibility index (Phi) is 7.82. The van der Waals surface area contributed by atoms with Gasteiger partial charge >= 0.3 is 0 Å². The van der Waals surface area contributed by atoms with Crippen molar-refractivity contribution in [3.63, 3.8) is 0 Å². The van der Waals surface area contributed by atoms with E-state index in [2.05, 4.69) is 44.7 Å². The molecule has 0 unspecified atom stereocenters. The van der Waals surface area contributed by atoms with Gasteiger partial charge in [-0.2, -0.15) is 0 Å². The molecule has 1 heterocycles. The number of amides is 2. The highest BCUT2D eigenvalue weighted by Crippen LogP contribution is 2.18. The molecular formula is C25H34N4O2. The van der Waals surface area contributed by atoms with Crippen LogP contribution in [0.25, 0.3) is 0 Å². The average Bonchev–Trinajstić information content (AvgIpc) is 2.75. The summed E-state index contributed by atoms with van der Waals surface area (Å²) >= 11 is 0. The van der Waals surface area contributed by atoms with Gasteiger partial charge in [0.05, 0.1) is 0 Å². The quantitative estimate of drug-likeness (QED) is 0.719. The van der Waals surface area contributed by atoms with Crippen LogP contribution < -0.4 is 10.6 Å². The molecule has 2 N–H and O–H groups in total. The largest absolute Gasteiger partial charge is 0.351 e. The summed E-state index contributed by atoms with van der Waals surface area (Å²) in [6.07, 6.45) is 0. The van der Waals surface area contributed by atoms with Crippen LogP contribution in [0.5, 0.6) is 0 Å². The Labute approximate surface area is 185 Å². The van der Waals surface area contributed by atoms with Crippen LogP contribution in [-0.4, -0.2) is 60.9 Å². The Bertz CT molecular complexity index is 869. The van der Waals surface area contributed by atoms with Gasteiger partial charge in [-0.05, 0) is 23.8 Å². The third-order valence-electron chi connectivity index (χ3n) is 5.49. The van der Waals surface area contributed by atoms with Crippen LogP contribution in [0.1, 0.15) is 36.7 Å². The monoisotopic (exact) mass is 422 g/mol. The lowest BCUT2D eigenvalue weighted by Gasteiger charge is -2.34. The Morgan fingerprint density at radius 3 is 2.26 bits per heavy atom. The number of anilines is 1. The van der Waals surface area contributed by atoms with E-state index in [1.807, 2.05) is 26.8 Å². The molecule has 6 heteroatoms. The molecule has 31 heavy (non-hydrogen) atoms. The predicted molar refractivity (Wildman–Crippen MR) is 125 cm³/mol. The van der Waals surface area contributed by atoms with Crippen molar-refractivity contribution in [2.45, 2.75) is 27.3 Å². The number of hydrogen-bond donors (Lipinski definition) is 2. The number of nitrogens with zero attached hydrogens (tertiary/aromatic N) is 2. The van der Waals surface area contributed by atoms with E-state index in [9.17, 15) is 9.59 Å². The molecule has 0 atom stereocenters. The van der Waals surface area contributed by atoms with Crippen LogP contribution in [0.15, 0.2) is 54.6 Å². The van der Waals surface area contributed by atoms with Gasteiger partial charge in [0.25, 0.3) is 5.91 Å². The first kappa shape index (κ1) is 23.0. The minimum Gasteiger partial charge on any atom is -0.351 e. The molecule has 2 aromatic carbocycles. The summed E-state index contributed by atoms with van der Waals surface area (Å²) in [6.45, 7) is 12.1. The standard InChI is InChI=1S/C25H34N4O2/c1-25(2,3)24(31)27-22-11-7-10-21(18-22)23(30)26-12-13-28-14-16-29(17-15-28)19-20-8-5-4-6-9-20/h4-11,18H,12-17,19H2,1-3H3,(H,26,30)(H,27,31). The van der Waals surface area contributed by atoms with Gasteiger partial charge in [0.1, 0.15) is 0 Å². The zero-order valence-electron chi connectivity index (χ0n) is 18.9. The fourth-order valence-corrected chi connectivity index (χ4v) is 3.50. The highest BCUT2D eigenvalue weighted by molar-refractivity contribution is 5.98. The summed E-state index contributed by atoms with van der Waals surface area (Å²) in [4.78, 5) is 29.6. The maximum absolute atomic E-state index is 12.5. The van der Waals surface area contributed by atoms with E-state index < -0.39 is 5.41 Å². The van der Waals surface area contributed by atoms with Crippen LogP contribution in [0.2, 0.25) is 0 Å². The number of hydrogen-bond acceptors (Lipinski definition) is 4. The molecule has 2 amide bonds. The minimum absolute atomic E-state index is 0.0727. The van der Waals surface area contributed by atoms with Crippen molar-refractivity contribution in [2.24, 2.45) is 5.41 Å². The SMILES string of the molecule is CC(C)(C)C(=O)Nc1cccc(C(=O)NCCN2CCN(Cc3ccccc3)CC2)c1. The van der Waals surface area contributed by atoms with Crippen molar-refractivity contribution in [3.05, 3.63) is 65.7 Å². The first-order valence-corrected chi connectivity index (χ1v) is 11.0. The fourth-order valence-electron chi connectivity index (χ4n) is 3.50. The van der Waals surface area contributed by atoms with Gasteiger partial charge in [0, 0.05) is 62.5 Å². The maximum Gasteiger partial charge on any atom is 0.251 e. The lowest BCUT2D eigenvalue weighted by Crippen LogP contribution is -2.48. The molecule has 0 bridgehead atoms. The highest BCUT2D eigenvalue weighted by atomic mass is 16.2. The van der Waals surface area contributed by atoms with Gasteiger partial charge < -0.3 is 10.6 Å². The lowest BCUT2D eigenvalue weighted by atomic mass is 9.95. The number of piperazine rings is 1. The minimum atomic E-state index is -0.483. The van der Waals surface area contributed by atoms with Crippen molar-refractivity contribution >= 4 is 17.5 Å². The first-order chi connectivity index (χ1) is 14.8. The van der Waals surface area contributed by atoms with Crippen molar-refractivity contribution in [2.75, 3.05) is 44.6 Å². The summed E-state index contributed by atoms with van der Waals surface area (Å²) < 4.78 is 0. The summed E-state index contributed by atoms with van der Waals surface area (Å²) in [5, 5.41) is 5.88. The molecule has 0 saturated carbocycles. The van der Waals surface area contributed by atoms with Crippen molar-refractivity contribution < 1.29 is 9.59 Å². The molecule has 1 fully saturated rings. The van der Waals surface area contributed by atoms with E-state index in [0.29, 0.717) is 17.8 Å². The molecule has 0 radical (unpaired) electrons. The number of carbonyl (C=O) groups excluding carboxylic acids is 2. The first-order valence-electron chi connectivity index (χ1n) is 11.0. The van der Waals surface area contributed by atoms with Gasteiger partial charge in [-0.3, -0.25) is 19.4 Å². The highest BCUT2D eigenvalue weighted by Gasteiger charge is 2.21. The second-order valence-corrected chi connectivity index (χ2v) is 9.14. The third-order valence-corrected chi connectivity index (χ3v) is 5.49. The number of benzene rings is 2. The maximum atomic E-state index is 12.5. The number of carbonyl (C=O) groups is 2. The summed E-state index contributed by atoms with van der Waals surface area (Å²) in [7, 11) is 0. The zero-order chi connectivity index (χ0) is 22.3. The van der Waals surface area contributed by atoms with E-state index in [0.717, 1.165) is 39.3 Å². The fraction of sp³-hybridized carbons (Fsp3) is 0.440. The molecule has 0 aromatic heterocycles. The molecule has 2 aromatic rings. The Balaban J connectivity index is 1.40. The van der Waals surface area contributed by atoms with Crippen LogP contribution in [0.4, 0.5) is 5.69 Å². The Morgan fingerprint density at radius 2 is 1.58 bits per heavy atom. The van der Waals surface area contributed by atoms with E-state index >= 15 is 0 Å². The Hall–Kier alpha value is -2.70. The molecule has 1 aliphatic rings. The van der Waals surface area contributed by atoms with Crippen LogP contribution in [-0.2, 0) is 11.3 Å². The number of nitrogens with one attached hydrogen (secondary N) is 2. The molecule has 6 nitrogen and oxygen atoms in total. The summed E-state index contributed by atoms with van der Waals surface area (Å²) in [5.41, 5.74) is 2.06. The van der Waals surface area contributed by atoms with E-state index in [1.165, 1.54) is 5.56 Å². The second-order valence-electron chi connectivity index (χ2n) is 9.14. The van der Waals surface area contributed by atoms with Crippen molar-refractivity contribution in [1.82, 2.24) is 15.1 Å². The molecule has 3 rings (SSSR count). The van der Waals surface area contributed by atoms with E-state index in [-0.39, 0.29) is 11.8 Å². The molecule has 1 aliphatic heterocycles. The van der Waals surface area contributed by atoms with Crippen molar-refractivity contribution in [1.29, 1.82) is 0 Å². The normalized spacial score (nSPS) is 15.5. The van der Waals surface area contributed by atoms with Gasteiger partial charge in [-0.25, -0.2) is 0 Å². The second kappa shape index (κ2) is 10.6. The molecule has 166 valence electrons. The van der Waals surface area contributed by atoms with Crippen LogP contribution in [0.3, 0.4) is 0 Å². The van der Waals surface area contributed by atoms with Crippen LogP contribution >= 0.6 is 0 Å². The van der Waals surface area contributed by atoms with Gasteiger partial charge in [-0.1, -0.05) is 57.2 Å². The lowest BCUT2D eigenvalue weighted by molar-refractivity contribution is -0.123. The van der Waals surface area contributed by atoms with Crippen molar-refractivity contribution in [3.8, 4) is 0 Å². The Morgan fingerprint density at radius 1 is 0.903 bits per heavy atom. The third kappa shape index (κ3) is 7.19.